The normalized spacial score (nSPS) is 16.9. The third kappa shape index (κ3) is 7.76. The summed E-state index contributed by atoms with van der Waals surface area (Å²) in [7, 11) is 0. The van der Waals surface area contributed by atoms with E-state index in [1.54, 1.807) is 67.6 Å². The van der Waals surface area contributed by atoms with Crippen LogP contribution in [-0.4, -0.2) is 57.6 Å². The van der Waals surface area contributed by atoms with Gasteiger partial charge in [-0.25, -0.2) is 9.18 Å². The fourth-order valence-electron chi connectivity index (χ4n) is 5.55. The number of esters is 1. The molecule has 0 bridgehead atoms. The molecule has 4 aromatic rings. The molecule has 3 aromatic carbocycles. The van der Waals surface area contributed by atoms with E-state index in [9.17, 15) is 14.4 Å². The van der Waals surface area contributed by atoms with Gasteiger partial charge in [0.2, 0.25) is 17.6 Å². The summed E-state index contributed by atoms with van der Waals surface area (Å²) < 4.78 is 20.2. The Morgan fingerprint density at radius 1 is 1.00 bits per heavy atom. The number of H-pyrrole nitrogens is 1. The minimum atomic E-state index is -0.864. The Hall–Kier alpha value is -4.97. The zero-order valence-electron chi connectivity index (χ0n) is 25.0. The van der Waals surface area contributed by atoms with Gasteiger partial charge >= 0.3 is 5.97 Å². The van der Waals surface area contributed by atoms with E-state index < -0.39 is 17.8 Å². The number of tetrazole rings is 1. The molecule has 0 aliphatic heterocycles. The van der Waals surface area contributed by atoms with Crippen LogP contribution < -0.4 is 16.4 Å². The number of ether oxygens (including phenoxy) is 1. The lowest BCUT2D eigenvalue weighted by Crippen LogP contribution is -2.48. The van der Waals surface area contributed by atoms with Gasteiger partial charge in [0, 0.05) is 29.2 Å². The van der Waals surface area contributed by atoms with Crippen LogP contribution >= 0.6 is 0 Å². The van der Waals surface area contributed by atoms with Crippen molar-refractivity contribution in [2.45, 2.75) is 45.1 Å². The number of halogens is 1. The van der Waals surface area contributed by atoms with Crippen LogP contribution in [0, 0.1) is 17.7 Å². The number of hydrogen-bond donors (Lipinski definition) is 4. The minimum absolute atomic E-state index is 0.135. The van der Waals surface area contributed by atoms with Crippen molar-refractivity contribution in [1.29, 1.82) is 0 Å². The van der Waals surface area contributed by atoms with Crippen LogP contribution in [0.2, 0.25) is 0 Å². The van der Waals surface area contributed by atoms with E-state index >= 15 is 4.39 Å². The van der Waals surface area contributed by atoms with Gasteiger partial charge < -0.3 is 21.1 Å². The topological polar surface area (TPSA) is 165 Å². The molecule has 1 aromatic heterocycles. The lowest BCUT2D eigenvalue weighted by molar-refractivity contribution is -0.130. The number of aromatic amines is 1. The van der Waals surface area contributed by atoms with Crippen molar-refractivity contribution in [2.75, 3.05) is 18.5 Å². The quantitative estimate of drug-likeness (QED) is 0.182. The van der Waals surface area contributed by atoms with Crippen LogP contribution in [0.1, 0.15) is 48.5 Å². The van der Waals surface area contributed by atoms with E-state index in [0.29, 0.717) is 29.5 Å². The highest BCUT2D eigenvalue weighted by atomic mass is 19.1. The van der Waals surface area contributed by atoms with Crippen LogP contribution in [0.5, 0.6) is 0 Å². The molecule has 1 heterocycles. The Morgan fingerprint density at radius 3 is 2.36 bits per heavy atom. The summed E-state index contributed by atoms with van der Waals surface area (Å²) in [5.41, 5.74) is 8.54. The molecular weight excluding hydrogens is 577 g/mol. The smallest absolute Gasteiger partial charge is 0.341 e. The van der Waals surface area contributed by atoms with E-state index in [2.05, 4.69) is 31.3 Å². The highest BCUT2D eigenvalue weighted by Gasteiger charge is 2.29. The second kappa shape index (κ2) is 14.7. The molecule has 0 spiro atoms. The van der Waals surface area contributed by atoms with E-state index in [0.717, 1.165) is 36.8 Å². The van der Waals surface area contributed by atoms with Gasteiger partial charge in [-0.2, -0.15) is 5.21 Å². The molecule has 1 unspecified atom stereocenters. The van der Waals surface area contributed by atoms with Crippen molar-refractivity contribution in [1.82, 2.24) is 25.9 Å². The Kier molecular flexibility index (Phi) is 10.3. The van der Waals surface area contributed by atoms with Crippen LogP contribution in [-0.2, 0) is 20.7 Å². The third-order valence-electron chi connectivity index (χ3n) is 8.14. The second-order valence-electron chi connectivity index (χ2n) is 11.1. The number of nitrogens with two attached hydrogens (primary N) is 1. The molecule has 1 saturated carbocycles. The van der Waals surface area contributed by atoms with Gasteiger partial charge in [0.15, 0.2) is 0 Å². The van der Waals surface area contributed by atoms with Crippen molar-refractivity contribution in [3.05, 3.63) is 83.7 Å². The van der Waals surface area contributed by atoms with Crippen LogP contribution in [0.15, 0.2) is 66.7 Å². The van der Waals surface area contributed by atoms with Crippen molar-refractivity contribution in [2.24, 2.45) is 17.6 Å². The number of hydrogen-bond acceptors (Lipinski definition) is 8. The van der Waals surface area contributed by atoms with Crippen molar-refractivity contribution in [3.63, 3.8) is 0 Å². The lowest BCUT2D eigenvalue weighted by Gasteiger charge is -2.28. The molecule has 1 aliphatic rings. The average molecular weight is 614 g/mol. The first-order chi connectivity index (χ1) is 21.9. The first kappa shape index (κ1) is 31.5. The number of carbonyl (C=O) groups is 3. The minimum Gasteiger partial charge on any atom is -0.462 e. The van der Waals surface area contributed by atoms with Gasteiger partial charge in [-0.3, -0.25) is 9.59 Å². The third-order valence-corrected chi connectivity index (χ3v) is 8.14. The highest BCUT2D eigenvalue weighted by molar-refractivity contribution is 5.98. The lowest BCUT2D eigenvalue weighted by atomic mass is 9.81. The largest absolute Gasteiger partial charge is 0.462 e. The Labute approximate surface area is 260 Å². The summed E-state index contributed by atoms with van der Waals surface area (Å²) in [5, 5.41) is 19.8. The van der Waals surface area contributed by atoms with Crippen molar-refractivity contribution >= 4 is 23.5 Å². The molecule has 2 amide bonds. The molecule has 1 fully saturated rings. The number of benzene rings is 3. The first-order valence-corrected chi connectivity index (χ1v) is 15.1. The maximum absolute atomic E-state index is 15.2. The van der Waals surface area contributed by atoms with Gasteiger partial charge in [-0.05, 0) is 91.7 Å². The molecule has 234 valence electrons. The monoisotopic (exact) mass is 613 g/mol. The Bertz CT molecular complexity index is 1600. The summed E-state index contributed by atoms with van der Waals surface area (Å²) in [6.07, 6.45) is 3.43. The first-order valence-electron chi connectivity index (χ1n) is 15.1. The summed E-state index contributed by atoms with van der Waals surface area (Å²) in [6.45, 7) is 2.41. The maximum Gasteiger partial charge on any atom is 0.341 e. The number of carbonyl (C=O) groups excluding carboxylic acids is 3. The van der Waals surface area contributed by atoms with Gasteiger partial charge in [-0.15, -0.1) is 10.2 Å². The Morgan fingerprint density at radius 2 is 1.71 bits per heavy atom. The molecule has 0 saturated heterocycles. The van der Waals surface area contributed by atoms with Gasteiger partial charge in [-0.1, -0.05) is 36.4 Å². The molecule has 1 atom stereocenters. The van der Waals surface area contributed by atoms with Gasteiger partial charge in [0.05, 0.1) is 12.2 Å². The second-order valence-corrected chi connectivity index (χ2v) is 11.1. The Balaban J connectivity index is 1.32. The number of aromatic nitrogens is 4. The van der Waals surface area contributed by atoms with Crippen molar-refractivity contribution < 1.29 is 23.5 Å². The molecule has 12 heteroatoms. The van der Waals surface area contributed by atoms with E-state index in [1.807, 2.05) is 0 Å². The molecule has 11 nitrogen and oxygen atoms in total. The molecule has 5 N–H and O–H groups in total. The molecule has 5 rings (SSSR count). The van der Waals surface area contributed by atoms with E-state index in [4.69, 9.17) is 10.5 Å². The standard InChI is InChI=1S/C33H36FN7O4/c1-2-45-33(44)27-5-3-4-26(29(27)34)22-10-6-20(7-11-22)18-28(37-31(42)24-12-8-21(19-35)9-13-24)32(43)36-25-16-14-23(15-17-25)30-38-40-41-39-30/h3-7,10-11,14-17,21,24,28H,2,8-9,12-13,18-19,35H2,1H3,(H,36,43)(H,37,42)(H,38,39,40,41). The molecular formula is C33H36FN7O4. The average Bonchev–Trinajstić information content (AvgIpc) is 3.61. The number of anilines is 1. The van der Waals surface area contributed by atoms with Gasteiger partial charge in [0.1, 0.15) is 11.9 Å². The zero-order valence-corrected chi connectivity index (χ0v) is 25.0. The predicted octanol–water partition coefficient (Wildman–Crippen LogP) is 4.28. The van der Waals surface area contributed by atoms with Crippen LogP contribution in [0.3, 0.4) is 0 Å². The van der Waals surface area contributed by atoms with Crippen LogP contribution in [0.25, 0.3) is 22.5 Å². The molecule has 1 aliphatic carbocycles. The van der Waals surface area contributed by atoms with Crippen molar-refractivity contribution in [3.8, 4) is 22.5 Å². The maximum atomic E-state index is 15.2. The zero-order chi connectivity index (χ0) is 31.8. The highest BCUT2D eigenvalue weighted by Crippen LogP contribution is 2.29. The van der Waals surface area contributed by atoms with E-state index in [-0.39, 0.29) is 41.9 Å². The van der Waals surface area contributed by atoms with Gasteiger partial charge in [0.25, 0.3) is 0 Å². The SMILES string of the molecule is CCOC(=O)c1cccc(-c2ccc(CC(NC(=O)C3CCC(CN)CC3)C(=O)Nc3ccc(-c4nn[nH]n4)cc3)cc2)c1F. The summed E-state index contributed by atoms with van der Waals surface area (Å²) in [6, 6.07) is 17.7. The predicted molar refractivity (Wildman–Crippen MR) is 166 cm³/mol. The number of amides is 2. The fraction of sp³-hybridized carbons (Fsp3) is 0.333. The fourth-order valence-corrected chi connectivity index (χ4v) is 5.55. The molecule has 45 heavy (non-hydrogen) atoms. The van der Waals surface area contributed by atoms with E-state index in [1.165, 1.54) is 6.07 Å². The summed E-state index contributed by atoms with van der Waals surface area (Å²) in [5.74, 6) is -1.25. The number of rotatable bonds is 11. The summed E-state index contributed by atoms with van der Waals surface area (Å²) in [4.78, 5) is 39.0. The molecule has 0 radical (unpaired) electrons. The van der Waals surface area contributed by atoms with Crippen LogP contribution in [0.4, 0.5) is 10.1 Å². The number of nitrogens with one attached hydrogen (secondary N) is 3. The summed E-state index contributed by atoms with van der Waals surface area (Å²) >= 11 is 0. The number of nitrogens with zero attached hydrogens (tertiary/aromatic N) is 3.